The van der Waals surface area contributed by atoms with Gasteiger partial charge in [0.1, 0.15) is 0 Å². The molecule has 2 fully saturated rings. The number of likely N-dealkylation sites (tertiary alicyclic amines) is 2. The van der Waals surface area contributed by atoms with Gasteiger partial charge in [0, 0.05) is 0 Å². The highest BCUT2D eigenvalue weighted by atomic mass is 15.3. The van der Waals surface area contributed by atoms with E-state index < -0.39 is 0 Å². The summed E-state index contributed by atoms with van der Waals surface area (Å²) < 4.78 is 0. The standard InChI is InChI=1S/C7H14N2/c1-8-3-7(4-8)5-9(2)6-7/h8-9H,1-6H2. The number of rotatable bonds is 0. The Balaban J connectivity index is 1.87. The molecule has 0 aliphatic carbocycles. The summed E-state index contributed by atoms with van der Waals surface area (Å²) in [6, 6.07) is 0. The molecule has 0 unspecified atom stereocenters. The van der Waals surface area contributed by atoms with E-state index >= 15 is 0 Å². The van der Waals surface area contributed by atoms with E-state index in [1.807, 2.05) is 0 Å². The van der Waals surface area contributed by atoms with Gasteiger partial charge in [0.2, 0.25) is 0 Å². The first-order valence-corrected chi connectivity index (χ1v) is 3.54. The second-order valence-corrected chi connectivity index (χ2v) is 3.71. The van der Waals surface area contributed by atoms with Crippen LogP contribution in [0.1, 0.15) is 0 Å². The Hall–Kier alpha value is -0.0800. The highest BCUT2D eigenvalue weighted by Gasteiger charge is 2.53. The second-order valence-electron chi connectivity index (χ2n) is 3.71. The average Bonchev–Trinajstić information content (AvgIpc) is 1.58. The van der Waals surface area contributed by atoms with Gasteiger partial charge in [-0.15, -0.1) is 0 Å². The fraction of sp³-hybridized carbons (Fsp3) is 0.714. The third-order valence-corrected chi connectivity index (χ3v) is 2.50. The van der Waals surface area contributed by atoms with E-state index in [4.69, 9.17) is 0 Å². The van der Waals surface area contributed by atoms with Gasteiger partial charge in [-0.05, 0) is 0 Å². The molecule has 52 valence electrons. The molecule has 9 heavy (non-hydrogen) atoms. The molecule has 2 aliphatic heterocycles. The third-order valence-electron chi connectivity index (χ3n) is 2.50. The van der Waals surface area contributed by atoms with Gasteiger partial charge in [0.25, 0.3) is 0 Å². The van der Waals surface area contributed by atoms with Crippen molar-refractivity contribution in [1.82, 2.24) is 0 Å². The maximum absolute atomic E-state index is 3.93. The van der Waals surface area contributed by atoms with Crippen molar-refractivity contribution >= 4 is 0 Å². The zero-order valence-corrected chi connectivity index (χ0v) is 5.74. The highest BCUT2D eigenvalue weighted by molar-refractivity contribution is 4.87. The minimum Gasteiger partial charge on any atom is -0.466 e. The Morgan fingerprint density at radius 2 is 1.22 bits per heavy atom. The molecule has 0 aromatic rings. The van der Waals surface area contributed by atoms with Gasteiger partial charge in [0.05, 0.1) is 26.2 Å². The molecule has 0 radical (unpaired) electrons. The van der Waals surface area contributed by atoms with Crippen LogP contribution in [0.3, 0.4) is 0 Å². The predicted octanol–water partition coefficient (Wildman–Crippen LogP) is -2.65. The van der Waals surface area contributed by atoms with Crippen molar-refractivity contribution in [3.63, 3.8) is 0 Å². The first-order chi connectivity index (χ1) is 4.20. The molecule has 0 aromatic carbocycles. The van der Waals surface area contributed by atoms with Gasteiger partial charge in [-0.3, -0.25) is 0 Å². The van der Waals surface area contributed by atoms with Crippen molar-refractivity contribution < 1.29 is 9.80 Å². The Bertz CT molecular complexity index is 101. The van der Waals surface area contributed by atoms with Crippen molar-refractivity contribution in [1.29, 1.82) is 0 Å². The number of quaternary nitrogens is 2. The molecule has 0 amide bonds. The van der Waals surface area contributed by atoms with Crippen LogP contribution >= 0.6 is 0 Å². The van der Waals surface area contributed by atoms with Crippen molar-refractivity contribution in [2.24, 2.45) is 5.41 Å². The van der Waals surface area contributed by atoms with Gasteiger partial charge < -0.3 is 9.80 Å². The zero-order valence-electron chi connectivity index (χ0n) is 5.74. The number of hydrogen-bond acceptors (Lipinski definition) is 0. The quantitative estimate of drug-likeness (QED) is 0.328. The molecule has 2 nitrogen and oxygen atoms in total. The zero-order chi connectivity index (χ0) is 6.48. The maximum Gasteiger partial charge on any atom is 0.156 e. The molecule has 2 saturated heterocycles. The van der Waals surface area contributed by atoms with Crippen molar-refractivity contribution in [2.45, 2.75) is 0 Å². The SMILES string of the molecule is [CH2-][NH+]1CC2(C1)C[NH+]([CH2-])C2. The molecule has 2 heterocycles. The van der Waals surface area contributed by atoms with Crippen molar-refractivity contribution in [2.75, 3.05) is 26.2 Å². The highest BCUT2D eigenvalue weighted by Crippen LogP contribution is 2.18. The van der Waals surface area contributed by atoms with E-state index in [1.54, 1.807) is 0 Å². The van der Waals surface area contributed by atoms with Crippen molar-refractivity contribution in [3.8, 4) is 0 Å². The Labute approximate surface area is 56.4 Å². The van der Waals surface area contributed by atoms with E-state index in [0.717, 1.165) is 0 Å². The van der Waals surface area contributed by atoms with Crippen LogP contribution in [0.25, 0.3) is 0 Å². The Kier molecular flexibility index (Phi) is 0.945. The van der Waals surface area contributed by atoms with Crippen LogP contribution in [0.15, 0.2) is 0 Å². The largest absolute Gasteiger partial charge is 0.466 e. The fourth-order valence-corrected chi connectivity index (χ4v) is 2.27. The average molecular weight is 126 g/mol. The van der Waals surface area contributed by atoms with Crippen LogP contribution in [0.4, 0.5) is 0 Å². The lowest BCUT2D eigenvalue weighted by Crippen LogP contribution is -3.30. The molecular weight excluding hydrogens is 112 g/mol. The lowest BCUT2D eigenvalue weighted by atomic mass is 9.74. The van der Waals surface area contributed by atoms with E-state index in [-0.39, 0.29) is 0 Å². The van der Waals surface area contributed by atoms with Crippen molar-refractivity contribution in [3.05, 3.63) is 14.1 Å². The summed E-state index contributed by atoms with van der Waals surface area (Å²) >= 11 is 0. The molecule has 2 rings (SSSR count). The summed E-state index contributed by atoms with van der Waals surface area (Å²) in [4.78, 5) is 2.89. The number of hydrogen-bond donors (Lipinski definition) is 2. The molecule has 0 saturated carbocycles. The van der Waals surface area contributed by atoms with E-state index in [9.17, 15) is 0 Å². The summed E-state index contributed by atoms with van der Waals surface area (Å²) in [6.45, 7) is 5.14. The van der Waals surface area contributed by atoms with Gasteiger partial charge >= 0.3 is 0 Å². The summed E-state index contributed by atoms with van der Waals surface area (Å²) in [5, 5.41) is 0. The minimum absolute atomic E-state index is 0.689. The van der Waals surface area contributed by atoms with Crippen LogP contribution < -0.4 is 9.80 Å². The lowest BCUT2D eigenvalue weighted by Gasteiger charge is -2.57. The van der Waals surface area contributed by atoms with E-state index in [1.165, 1.54) is 36.0 Å². The maximum atomic E-state index is 3.93. The van der Waals surface area contributed by atoms with Gasteiger partial charge in [-0.1, -0.05) is 0 Å². The van der Waals surface area contributed by atoms with Crippen LogP contribution in [-0.2, 0) is 0 Å². The normalized spacial score (nSPS) is 56.7. The molecule has 2 heteroatoms. The van der Waals surface area contributed by atoms with Crippen LogP contribution in [0.5, 0.6) is 0 Å². The minimum atomic E-state index is 0.689. The first kappa shape index (κ1) is 5.69. The molecule has 0 atom stereocenters. The lowest BCUT2D eigenvalue weighted by molar-refractivity contribution is -1.00. The second kappa shape index (κ2) is 1.50. The van der Waals surface area contributed by atoms with E-state index in [2.05, 4.69) is 14.1 Å². The smallest absolute Gasteiger partial charge is 0.156 e. The van der Waals surface area contributed by atoms with Gasteiger partial charge in [-0.25, -0.2) is 0 Å². The van der Waals surface area contributed by atoms with E-state index in [0.29, 0.717) is 5.41 Å². The summed E-state index contributed by atoms with van der Waals surface area (Å²) in [7, 11) is 7.87. The predicted molar refractivity (Wildman–Crippen MR) is 34.5 cm³/mol. The monoisotopic (exact) mass is 126 g/mol. The van der Waals surface area contributed by atoms with Gasteiger partial charge in [-0.2, -0.15) is 14.1 Å². The topological polar surface area (TPSA) is 8.88 Å². The molecule has 1 spiro atoms. The third kappa shape index (κ3) is 0.700. The molecule has 0 aromatic heterocycles. The first-order valence-electron chi connectivity index (χ1n) is 3.54. The number of nitrogens with one attached hydrogen (secondary N) is 2. The van der Waals surface area contributed by atoms with Gasteiger partial charge in [0.15, 0.2) is 5.41 Å². The molecular formula is C7H14N2. The Morgan fingerprint density at radius 3 is 1.44 bits per heavy atom. The fourth-order valence-electron chi connectivity index (χ4n) is 2.27. The summed E-state index contributed by atoms with van der Waals surface area (Å²) in [5.41, 5.74) is 0.689. The molecule has 2 aliphatic rings. The molecule has 0 bridgehead atoms. The molecule has 2 N–H and O–H groups in total. The summed E-state index contributed by atoms with van der Waals surface area (Å²) in [6.07, 6.45) is 0. The summed E-state index contributed by atoms with van der Waals surface area (Å²) in [5.74, 6) is 0. The van der Waals surface area contributed by atoms with Crippen LogP contribution in [0, 0.1) is 19.5 Å². The van der Waals surface area contributed by atoms with Crippen LogP contribution in [-0.4, -0.2) is 26.2 Å². The Morgan fingerprint density at radius 1 is 0.889 bits per heavy atom. The van der Waals surface area contributed by atoms with Crippen LogP contribution in [0.2, 0.25) is 0 Å².